The van der Waals surface area contributed by atoms with Crippen LogP contribution in [-0.2, 0) is 0 Å². The van der Waals surface area contributed by atoms with E-state index in [1.165, 1.54) is 22.7 Å². The zero-order valence-electron chi connectivity index (χ0n) is 9.85. The van der Waals surface area contributed by atoms with Crippen LogP contribution in [0, 0.1) is 0 Å². The standard InChI is InChI=1S/C12H7N2O4S2/c15-11(7-3-1-5-19-7)9-10(14(17)18-13-9)12(16)8-4-2-6-20-8/h1-6,17H/q+1. The molecule has 0 fully saturated rings. The van der Waals surface area contributed by atoms with Crippen molar-refractivity contribution in [2.45, 2.75) is 0 Å². The Labute approximate surface area is 120 Å². The van der Waals surface area contributed by atoms with E-state index in [9.17, 15) is 14.8 Å². The summed E-state index contributed by atoms with van der Waals surface area (Å²) in [5.41, 5.74) is -0.473. The van der Waals surface area contributed by atoms with Crippen LogP contribution in [0.1, 0.15) is 30.7 Å². The first-order valence-corrected chi connectivity index (χ1v) is 7.22. The predicted molar refractivity (Wildman–Crippen MR) is 69.4 cm³/mol. The molecule has 0 aliphatic heterocycles. The summed E-state index contributed by atoms with van der Waals surface area (Å²) in [5.74, 6) is -0.972. The first-order chi connectivity index (χ1) is 9.68. The van der Waals surface area contributed by atoms with E-state index < -0.39 is 11.6 Å². The van der Waals surface area contributed by atoms with Crippen molar-refractivity contribution in [3.05, 3.63) is 56.2 Å². The van der Waals surface area contributed by atoms with E-state index in [-0.39, 0.29) is 16.3 Å². The molecule has 8 heteroatoms. The Morgan fingerprint density at radius 2 is 1.70 bits per heavy atom. The molecule has 0 saturated heterocycles. The van der Waals surface area contributed by atoms with Gasteiger partial charge in [0.1, 0.15) is 4.90 Å². The highest BCUT2D eigenvalue weighted by Gasteiger charge is 2.38. The van der Waals surface area contributed by atoms with Gasteiger partial charge in [0.25, 0.3) is 11.6 Å². The fraction of sp³-hybridized carbons (Fsp3) is 0. The van der Waals surface area contributed by atoms with Crippen LogP contribution in [0.15, 0.2) is 39.7 Å². The van der Waals surface area contributed by atoms with E-state index in [4.69, 9.17) is 0 Å². The molecule has 0 radical (unpaired) electrons. The number of thiophene rings is 2. The number of hydrogen-bond donors (Lipinski definition) is 1. The number of nitrogens with zero attached hydrogens (tertiary/aromatic N) is 2. The summed E-state index contributed by atoms with van der Waals surface area (Å²) in [6.45, 7) is 0. The van der Waals surface area contributed by atoms with Crippen LogP contribution in [0.3, 0.4) is 0 Å². The fourth-order valence-corrected chi connectivity index (χ4v) is 2.98. The molecule has 0 unspecified atom stereocenters. The number of aromatic nitrogens is 2. The van der Waals surface area contributed by atoms with Crippen molar-refractivity contribution >= 4 is 34.2 Å². The zero-order valence-corrected chi connectivity index (χ0v) is 11.5. The third-order valence-corrected chi connectivity index (χ3v) is 4.28. The average molecular weight is 307 g/mol. The molecule has 0 aromatic carbocycles. The summed E-state index contributed by atoms with van der Waals surface area (Å²) in [6.07, 6.45) is 0. The Kier molecular flexibility index (Phi) is 3.17. The Morgan fingerprint density at radius 3 is 2.25 bits per heavy atom. The van der Waals surface area contributed by atoms with E-state index in [0.29, 0.717) is 9.75 Å². The molecular weight excluding hydrogens is 300 g/mol. The van der Waals surface area contributed by atoms with E-state index in [1.807, 2.05) is 0 Å². The molecule has 1 N–H and O–H groups in total. The normalized spacial score (nSPS) is 10.6. The molecule has 0 saturated carbocycles. The maximum atomic E-state index is 12.3. The number of carbonyl (C=O) groups is 2. The monoisotopic (exact) mass is 307 g/mol. The number of hydrogen-bond acceptors (Lipinski definition) is 7. The van der Waals surface area contributed by atoms with Gasteiger partial charge in [-0.15, -0.1) is 22.7 Å². The minimum Gasteiger partial charge on any atom is -0.316 e. The second-order valence-corrected chi connectivity index (χ2v) is 5.65. The van der Waals surface area contributed by atoms with Crippen LogP contribution in [0.4, 0.5) is 0 Å². The van der Waals surface area contributed by atoms with Gasteiger partial charge in [-0.25, -0.2) is 0 Å². The van der Waals surface area contributed by atoms with Crippen LogP contribution < -0.4 is 4.90 Å². The van der Waals surface area contributed by atoms with Gasteiger partial charge in [-0.2, -0.15) is 0 Å². The second-order valence-electron chi connectivity index (χ2n) is 3.76. The molecule has 0 aliphatic rings. The molecule has 0 amide bonds. The summed E-state index contributed by atoms with van der Waals surface area (Å²) in [7, 11) is 0. The third-order valence-electron chi connectivity index (χ3n) is 2.55. The predicted octanol–water partition coefficient (Wildman–Crippen LogP) is 1.78. The molecule has 100 valence electrons. The maximum Gasteiger partial charge on any atom is 0.331 e. The van der Waals surface area contributed by atoms with Gasteiger partial charge in [-0.1, -0.05) is 12.1 Å². The Hall–Kier alpha value is -2.32. The molecule has 6 nitrogen and oxygen atoms in total. The minimum atomic E-state index is -0.511. The van der Waals surface area contributed by atoms with Crippen molar-refractivity contribution in [1.82, 2.24) is 5.16 Å². The fourth-order valence-electron chi connectivity index (χ4n) is 1.65. The number of carbonyl (C=O) groups excluding carboxylic acids is 2. The molecule has 3 heterocycles. The Morgan fingerprint density at radius 1 is 1.10 bits per heavy atom. The van der Waals surface area contributed by atoms with Crippen molar-refractivity contribution in [3.8, 4) is 0 Å². The molecule has 3 rings (SSSR count). The van der Waals surface area contributed by atoms with Crippen LogP contribution in [0.25, 0.3) is 0 Å². The summed E-state index contributed by atoms with van der Waals surface area (Å²) >= 11 is 2.43. The topological polar surface area (TPSA) is 84.3 Å². The van der Waals surface area contributed by atoms with Crippen LogP contribution in [0.5, 0.6) is 0 Å². The first-order valence-electron chi connectivity index (χ1n) is 5.46. The van der Waals surface area contributed by atoms with E-state index >= 15 is 0 Å². The van der Waals surface area contributed by atoms with Crippen LogP contribution in [-0.4, -0.2) is 21.9 Å². The van der Waals surface area contributed by atoms with Crippen molar-refractivity contribution in [1.29, 1.82) is 0 Å². The Balaban J connectivity index is 2.06. The summed E-state index contributed by atoms with van der Waals surface area (Å²) in [4.78, 5) is 25.5. The van der Waals surface area contributed by atoms with Gasteiger partial charge in [0, 0.05) is 0 Å². The molecule has 3 aromatic rings. The van der Waals surface area contributed by atoms with Gasteiger partial charge in [0.05, 0.1) is 9.75 Å². The number of ketones is 2. The molecule has 3 aromatic heterocycles. The quantitative estimate of drug-likeness (QED) is 0.587. The van der Waals surface area contributed by atoms with Crippen LogP contribution >= 0.6 is 22.7 Å². The van der Waals surface area contributed by atoms with E-state index in [1.54, 1.807) is 35.0 Å². The minimum absolute atomic E-state index is 0.201. The van der Waals surface area contributed by atoms with Crippen LogP contribution in [0.2, 0.25) is 0 Å². The van der Waals surface area contributed by atoms with Crippen molar-refractivity contribution in [2.24, 2.45) is 0 Å². The molecule has 0 atom stereocenters. The maximum absolute atomic E-state index is 12.3. The van der Waals surface area contributed by atoms with Gasteiger partial charge in [-0.05, 0) is 27.5 Å². The van der Waals surface area contributed by atoms with E-state index in [2.05, 4.69) is 9.79 Å². The second kappa shape index (κ2) is 4.99. The highest BCUT2D eigenvalue weighted by atomic mass is 32.1. The smallest absolute Gasteiger partial charge is 0.316 e. The highest BCUT2D eigenvalue weighted by molar-refractivity contribution is 7.12. The SMILES string of the molecule is O=C(c1cccs1)c1no[n+](O)c1C(=O)c1cccs1. The summed E-state index contributed by atoms with van der Waals surface area (Å²) in [6, 6.07) is 6.63. The number of rotatable bonds is 4. The van der Waals surface area contributed by atoms with Crippen molar-refractivity contribution in [2.75, 3.05) is 0 Å². The van der Waals surface area contributed by atoms with Gasteiger partial charge in [-0.3, -0.25) is 9.59 Å². The lowest BCUT2D eigenvalue weighted by molar-refractivity contribution is -1.04. The summed E-state index contributed by atoms with van der Waals surface area (Å²) < 4.78 is 4.52. The van der Waals surface area contributed by atoms with Gasteiger partial charge < -0.3 is 5.21 Å². The average Bonchev–Trinajstić information content (AvgIpc) is 3.19. The van der Waals surface area contributed by atoms with E-state index in [0.717, 1.165) is 0 Å². The lowest BCUT2D eigenvalue weighted by atomic mass is 10.1. The third kappa shape index (κ3) is 2.04. The molecule has 0 aliphatic carbocycles. The van der Waals surface area contributed by atoms with Gasteiger partial charge in [0.15, 0.2) is 5.16 Å². The molecular formula is C12H7N2O4S2+. The molecule has 20 heavy (non-hydrogen) atoms. The Bertz CT molecular complexity index is 760. The van der Waals surface area contributed by atoms with Gasteiger partial charge >= 0.3 is 11.4 Å². The lowest BCUT2D eigenvalue weighted by Gasteiger charge is -1.91. The first kappa shape index (κ1) is 12.7. The highest BCUT2D eigenvalue weighted by Crippen LogP contribution is 2.19. The zero-order chi connectivity index (χ0) is 14.1. The molecule has 0 spiro atoms. The largest absolute Gasteiger partial charge is 0.331 e. The molecule has 0 bridgehead atoms. The van der Waals surface area contributed by atoms with Gasteiger partial charge in [0.2, 0.25) is 0 Å². The lowest BCUT2D eigenvalue weighted by Crippen LogP contribution is -2.35. The summed E-state index contributed by atoms with van der Waals surface area (Å²) in [5, 5.41) is 16.5. The van der Waals surface area contributed by atoms with Crippen molar-refractivity contribution < 1.29 is 24.3 Å². The van der Waals surface area contributed by atoms with Crippen molar-refractivity contribution in [3.63, 3.8) is 0 Å².